The van der Waals surface area contributed by atoms with Crippen molar-refractivity contribution in [2.24, 2.45) is 0 Å². The predicted molar refractivity (Wildman–Crippen MR) is 83.3 cm³/mol. The van der Waals surface area contributed by atoms with Crippen molar-refractivity contribution < 1.29 is 4.74 Å². The molecule has 19 heavy (non-hydrogen) atoms. The molecule has 0 spiro atoms. The zero-order valence-electron chi connectivity index (χ0n) is 12.8. The lowest BCUT2D eigenvalue weighted by atomic mass is 10.1. The van der Waals surface area contributed by atoms with Crippen LogP contribution in [-0.4, -0.2) is 38.8 Å². The van der Waals surface area contributed by atoms with Gasteiger partial charge in [0.2, 0.25) is 0 Å². The van der Waals surface area contributed by atoms with E-state index in [4.69, 9.17) is 9.72 Å². The fourth-order valence-corrected chi connectivity index (χ4v) is 2.97. The number of anilines is 1. The summed E-state index contributed by atoms with van der Waals surface area (Å²) in [7, 11) is 3.81. The van der Waals surface area contributed by atoms with E-state index in [0.29, 0.717) is 5.92 Å². The van der Waals surface area contributed by atoms with Crippen LogP contribution in [0.4, 0.5) is 5.13 Å². The molecule has 1 N–H and O–H groups in total. The second-order valence-corrected chi connectivity index (χ2v) is 6.11. The van der Waals surface area contributed by atoms with Gasteiger partial charge in [0, 0.05) is 32.1 Å². The molecular weight excluding hydrogens is 258 g/mol. The summed E-state index contributed by atoms with van der Waals surface area (Å²) in [6.07, 6.45) is 1.16. The Balaban J connectivity index is 2.75. The summed E-state index contributed by atoms with van der Waals surface area (Å²) in [5.41, 5.74) is 1.23. The molecule has 1 rings (SSSR count). The fourth-order valence-electron chi connectivity index (χ4n) is 1.79. The average Bonchev–Trinajstić information content (AvgIpc) is 2.80. The molecule has 0 aliphatic rings. The smallest absolute Gasteiger partial charge is 0.185 e. The highest BCUT2D eigenvalue weighted by Gasteiger charge is 2.16. The normalized spacial score (nSPS) is 11.3. The summed E-state index contributed by atoms with van der Waals surface area (Å²) >= 11 is 1.79. The van der Waals surface area contributed by atoms with E-state index in [0.717, 1.165) is 37.8 Å². The van der Waals surface area contributed by atoms with Gasteiger partial charge >= 0.3 is 0 Å². The zero-order valence-corrected chi connectivity index (χ0v) is 13.6. The summed E-state index contributed by atoms with van der Waals surface area (Å²) in [5.74, 6) is 0.472. The van der Waals surface area contributed by atoms with Gasteiger partial charge in [-0.1, -0.05) is 20.8 Å². The lowest BCUT2D eigenvalue weighted by Gasteiger charge is -2.14. The Labute approximate surface area is 121 Å². The summed E-state index contributed by atoms with van der Waals surface area (Å²) in [6.45, 7) is 10.2. The summed E-state index contributed by atoms with van der Waals surface area (Å²) < 4.78 is 5.12. The van der Waals surface area contributed by atoms with Gasteiger partial charge in [0.15, 0.2) is 5.13 Å². The van der Waals surface area contributed by atoms with Crippen LogP contribution in [0.15, 0.2) is 0 Å². The van der Waals surface area contributed by atoms with Gasteiger partial charge in [0.05, 0.1) is 12.3 Å². The molecule has 0 atom stereocenters. The first-order chi connectivity index (χ1) is 9.10. The number of likely N-dealkylation sites (N-methyl/N-ethyl adjacent to an activating group) is 1. The first kappa shape index (κ1) is 16.4. The van der Waals surface area contributed by atoms with Gasteiger partial charge in [-0.05, 0) is 18.9 Å². The van der Waals surface area contributed by atoms with Crippen LogP contribution in [0.5, 0.6) is 0 Å². The van der Waals surface area contributed by atoms with Crippen molar-refractivity contribution in [3.63, 3.8) is 0 Å². The first-order valence-electron chi connectivity index (χ1n) is 7.00. The highest BCUT2D eigenvalue weighted by atomic mass is 32.1. The monoisotopic (exact) mass is 285 g/mol. The van der Waals surface area contributed by atoms with Crippen LogP contribution in [0.25, 0.3) is 0 Å². The minimum atomic E-state index is 0.472. The third-order valence-electron chi connectivity index (χ3n) is 2.93. The minimum absolute atomic E-state index is 0.472. The van der Waals surface area contributed by atoms with Crippen molar-refractivity contribution in [1.82, 2.24) is 10.3 Å². The molecule has 1 heterocycles. The van der Waals surface area contributed by atoms with E-state index in [-0.39, 0.29) is 0 Å². The standard InChI is InChI=1S/C14H27N3OS/c1-6-7-15-10-12-13(11(2)3)16-14(19-12)17(4)8-9-18-5/h11,15H,6-10H2,1-5H3. The van der Waals surface area contributed by atoms with E-state index in [1.807, 2.05) is 0 Å². The molecule has 0 fully saturated rings. The molecule has 0 saturated carbocycles. The summed E-state index contributed by atoms with van der Waals surface area (Å²) in [4.78, 5) is 8.32. The second kappa shape index (κ2) is 8.51. The number of nitrogens with one attached hydrogen (secondary N) is 1. The van der Waals surface area contributed by atoms with Gasteiger partial charge in [-0.15, -0.1) is 11.3 Å². The van der Waals surface area contributed by atoms with Crippen molar-refractivity contribution in [3.8, 4) is 0 Å². The molecule has 4 nitrogen and oxygen atoms in total. The van der Waals surface area contributed by atoms with Gasteiger partial charge in [-0.25, -0.2) is 4.98 Å². The number of rotatable bonds is 9. The number of aromatic nitrogens is 1. The van der Waals surface area contributed by atoms with Gasteiger partial charge in [-0.2, -0.15) is 0 Å². The molecule has 0 saturated heterocycles. The Bertz CT molecular complexity index is 366. The van der Waals surface area contributed by atoms with Crippen molar-refractivity contribution in [3.05, 3.63) is 10.6 Å². The number of thiazole rings is 1. The Morgan fingerprint density at radius 3 is 2.74 bits per heavy atom. The van der Waals surface area contributed by atoms with E-state index >= 15 is 0 Å². The van der Waals surface area contributed by atoms with Gasteiger partial charge in [0.25, 0.3) is 0 Å². The first-order valence-corrected chi connectivity index (χ1v) is 7.82. The molecule has 110 valence electrons. The molecule has 0 aliphatic carbocycles. The third kappa shape index (κ3) is 5.09. The van der Waals surface area contributed by atoms with Crippen LogP contribution in [0.2, 0.25) is 0 Å². The highest BCUT2D eigenvalue weighted by molar-refractivity contribution is 7.15. The summed E-state index contributed by atoms with van der Waals surface area (Å²) in [5, 5.41) is 4.56. The predicted octanol–water partition coefficient (Wildman–Crippen LogP) is 2.85. The molecule has 1 aromatic heterocycles. The molecular formula is C14H27N3OS. The lowest BCUT2D eigenvalue weighted by Crippen LogP contribution is -2.21. The molecule has 0 unspecified atom stereocenters. The maximum absolute atomic E-state index is 5.12. The average molecular weight is 285 g/mol. The SMILES string of the molecule is CCCNCc1sc(N(C)CCOC)nc1C(C)C. The van der Waals surface area contributed by atoms with Crippen molar-refractivity contribution in [2.75, 3.05) is 38.8 Å². The van der Waals surface area contributed by atoms with Crippen LogP contribution >= 0.6 is 11.3 Å². The van der Waals surface area contributed by atoms with E-state index in [1.165, 1.54) is 10.6 Å². The highest BCUT2D eigenvalue weighted by Crippen LogP contribution is 2.30. The number of hydrogen-bond acceptors (Lipinski definition) is 5. The number of nitrogens with zero attached hydrogens (tertiary/aromatic N) is 2. The number of hydrogen-bond donors (Lipinski definition) is 1. The summed E-state index contributed by atoms with van der Waals surface area (Å²) in [6, 6.07) is 0. The van der Waals surface area contributed by atoms with Gasteiger partial charge in [-0.3, -0.25) is 0 Å². The Hall–Kier alpha value is -0.650. The van der Waals surface area contributed by atoms with Crippen LogP contribution in [0.3, 0.4) is 0 Å². The van der Waals surface area contributed by atoms with Crippen molar-refractivity contribution in [1.29, 1.82) is 0 Å². The van der Waals surface area contributed by atoms with Crippen LogP contribution in [-0.2, 0) is 11.3 Å². The number of methoxy groups -OCH3 is 1. The molecule has 0 bridgehead atoms. The fraction of sp³-hybridized carbons (Fsp3) is 0.786. The van der Waals surface area contributed by atoms with Gasteiger partial charge < -0.3 is 15.0 Å². The molecule has 5 heteroatoms. The van der Waals surface area contributed by atoms with Crippen LogP contribution < -0.4 is 10.2 Å². The molecule has 0 radical (unpaired) electrons. The molecule has 0 aliphatic heterocycles. The molecule has 0 amide bonds. The van der Waals surface area contributed by atoms with Crippen molar-refractivity contribution in [2.45, 2.75) is 39.7 Å². The Morgan fingerprint density at radius 1 is 1.42 bits per heavy atom. The van der Waals surface area contributed by atoms with Crippen LogP contribution in [0, 0.1) is 0 Å². The van der Waals surface area contributed by atoms with Crippen LogP contribution in [0.1, 0.15) is 43.7 Å². The number of ether oxygens (including phenoxy) is 1. The second-order valence-electron chi connectivity index (χ2n) is 5.05. The van der Waals surface area contributed by atoms with E-state index < -0.39 is 0 Å². The molecule has 1 aromatic rings. The lowest BCUT2D eigenvalue weighted by molar-refractivity contribution is 0.206. The Kier molecular flexibility index (Phi) is 7.34. The third-order valence-corrected chi connectivity index (χ3v) is 4.12. The van der Waals surface area contributed by atoms with Crippen molar-refractivity contribution >= 4 is 16.5 Å². The van der Waals surface area contributed by atoms with Gasteiger partial charge in [0.1, 0.15) is 0 Å². The topological polar surface area (TPSA) is 37.4 Å². The van der Waals surface area contributed by atoms with E-state index in [1.54, 1.807) is 18.4 Å². The Morgan fingerprint density at radius 2 is 2.16 bits per heavy atom. The maximum atomic E-state index is 5.12. The largest absolute Gasteiger partial charge is 0.383 e. The quantitative estimate of drug-likeness (QED) is 0.708. The van der Waals surface area contributed by atoms with E-state index in [2.05, 4.69) is 38.0 Å². The zero-order chi connectivity index (χ0) is 14.3. The maximum Gasteiger partial charge on any atom is 0.185 e. The minimum Gasteiger partial charge on any atom is -0.383 e. The van der Waals surface area contributed by atoms with E-state index in [9.17, 15) is 0 Å². The molecule has 0 aromatic carbocycles.